The Kier molecular flexibility index (Phi) is 4.08. The number of ether oxygens (including phenoxy) is 1. The Labute approximate surface area is 109 Å². The molecule has 0 aliphatic rings. The van der Waals surface area contributed by atoms with Crippen molar-refractivity contribution in [1.29, 1.82) is 0 Å². The van der Waals surface area contributed by atoms with E-state index in [4.69, 9.17) is 0 Å². The Morgan fingerprint density at radius 3 is 2.61 bits per heavy atom. The molecule has 0 aliphatic carbocycles. The number of aromatic amines is 1. The lowest BCUT2D eigenvalue weighted by Crippen LogP contribution is -2.16. The van der Waals surface area contributed by atoms with Gasteiger partial charge >= 0.3 is 5.97 Å². The number of Topliss-reactive ketones (excluding diaryl/α,β-unsaturated/α-hetero) is 1. The summed E-state index contributed by atoms with van der Waals surface area (Å²) in [6.07, 6.45) is 0. The molecule has 1 N–H and O–H groups in total. The van der Waals surface area contributed by atoms with Crippen molar-refractivity contribution in [2.75, 3.05) is 7.11 Å². The molecule has 0 unspecified atom stereocenters. The minimum Gasteiger partial charge on any atom is -0.463 e. The van der Waals surface area contributed by atoms with E-state index in [0.717, 1.165) is 7.11 Å². The summed E-state index contributed by atoms with van der Waals surface area (Å²) >= 11 is 0. The summed E-state index contributed by atoms with van der Waals surface area (Å²) < 4.78 is 17.5. The second-order valence-electron chi connectivity index (χ2n) is 3.64. The maximum absolute atomic E-state index is 13.1. The summed E-state index contributed by atoms with van der Waals surface area (Å²) in [6, 6.07) is 4.02. The smallest absolute Gasteiger partial charge is 0.379 e. The van der Waals surface area contributed by atoms with Gasteiger partial charge in [0.15, 0.2) is 0 Å². The molecule has 1 heterocycles. The van der Waals surface area contributed by atoms with Crippen LogP contribution in [-0.4, -0.2) is 23.8 Å². The van der Waals surface area contributed by atoms with Crippen LogP contribution >= 0.6 is 12.4 Å². The monoisotopic (exact) mass is 271 g/mol. The number of nitrogens with one attached hydrogen (secondary N) is 1. The predicted molar refractivity (Wildman–Crippen MR) is 66.6 cm³/mol. The van der Waals surface area contributed by atoms with Crippen molar-refractivity contribution in [3.8, 4) is 0 Å². The van der Waals surface area contributed by atoms with Crippen LogP contribution in [0.4, 0.5) is 4.39 Å². The largest absolute Gasteiger partial charge is 0.463 e. The normalized spacial score (nSPS) is 9.94. The van der Waals surface area contributed by atoms with E-state index in [1.165, 1.54) is 18.2 Å². The van der Waals surface area contributed by atoms with E-state index < -0.39 is 17.6 Å². The van der Waals surface area contributed by atoms with E-state index in [-0.39, 0.29) is 18.0 Å². The third kappa shape index (κ3) is 2.22. The van der Waals surface area contributed by atoms with Crippen LogP contribution in [0.2, 0.25) is 0 Å². The molecule has 0 aliphatic heterocycles. The highest BCUT2D eigenvalue weighted by atomic mass is 35.5. The number of halogens is 2. The fraction of sp³-hybridized carbons (Fsp3) is 0.167. The number of carbonyl (C=O) groups is 2. The van der Waals surface area contributed by atoms with Crippen molar-refractivity contribution in [1.82, 2.24) is 4.98 Å². The van der Waals surface area contributed by atoms with Crippen molar-refractivity contribution in [2.45, 2.75) is 6.92 Å². The number of carbonyl (C=O) groups excluding carboxylic acids is 2. The first-order chi connectivity index (χ1) is 8.04. The van der Waals surface area contributed by atoms with Crippen LogP contribution in [0.1, 0.15) is 16.1 Å². The molecule has 0 radical (unpaired) electrons. The Hall–Kier alpha value is -1.88. The zero-order chi connectivity index (χ0) is 12.6. The van der Waals surface area contributed by atoms with Gasteiger partial charge in [0, 0.05) is 16.6 Å². The molecule has 1 aromatic heterocycles. The molecule has 0 fully saturated rings. The highest BCUT2D eigenvalue weighted by Crippen LogP contribution is 2.23. The number of fused-ring (bicyclic) bond motifs is 1. The van der Waals surface area contributed by atoms with Crippen LogP contribution in [-0.2, 0) is 9.53 Å². The van der Waals surface area contributed by atoms with E-state index in [0.29, 0.717) is 16.6 Å². The highest BCUT2D eigenvalue weighted by molar-refractivity contribution is 6.43. The van der Waals surface area contributed by atoms with Gasteiger partial charge in [-0.25, -0.2) is 9.18 Å². The molecule has 6 heteroatoms. The number of hydrogen-bond donors (Lipinski definition) is 1. The second-order valence-corrected chi connectivity index (χ2v) is 3.64. The maximum Gasteiger partial charge on any atom is 0.379 e. The van der Waals surface area contributed by atoms with Crippen LogP contribution in [0.5, 0.6) is 0 Å². The first-order valence-corrected chi connectivity index (χ1v) is 4.95. The molecule has 0 saturated carbocycles. The molecule has 96 valence electrons. The van der Waals surface area contributed by atoms with Crippen LogP contribution in [0.25, 0.3) is 10.9 Å². The Morgan fingerprint density at radius 2 is 2.00 bits per heavy atom. The Balaban J connectivity index is 0.00000162. The molecular formula is C12H11ClFNO3. The topological polar surface area (TPSA) is 59.2 Å². The van der Waals surface area contributed by atoms with Crippen LogP contribution in [0.15, 0.2) is 18.2 Å². The summed E-state index contributed by atoms with van der Waals surface area (Å²) in [7, 11) is 1.13. The van der Waals surface area contributed by atoms with Gasteiger partial charge in [0.05, 0.1) is 12.7 Å². The Morgan fingerprint density at radius 1 is 1.33 bits per heavy atom. The molecule has 0 bridgehead atoms. The van der Waals surface area contributed by atoms with Gasteiger partial charge in [-0.05, 0) is 25.1 Å². The number of benzene rings is 1. The van der Waals surface area contributed by atoms with E-state index in [1.54, 1.807) is 6.92 Å². The van der Waals surface area contributed by atoms with Gasteiger partial charge in [0.2, 0.25) is 0 Å². The first-order valence-electron chi connectivity index (χ1n) is 4.95. The van der Waals surface area contributed by atoms with Crippen molar-refractivity contribution in [3.05, 3.63) is 35.3 Å². The SMILES string of the molecule is COC(=O)C(=O)c1c(C)[nH]c2ccc(F)cc12.Cl. The number of methoxy groups -OCH3 is 1. The number of aryl methyl sites for hydroxylation is 1. The third-order valence-electron chi connectivity index (χ3n) is 2.55. The Bertz CT molecular complexity index is 621. The summed E-state index contributed by atoms with van der Waals surface area (Å²) in [5.41, 5.74) is 1.28. The van der Waals surface area contributed by atoms with Crippen molar-refractivity contribution >= 4 is 35.1 Å². The number of hydrogen-bond acceptors (Lipinski definition) is 3. The van der Waals surface area contributed by atoms with Crippen molar-refractivity contribution in [3.63, 3.8) is 0 Å². The first kappa shape index (κ1) is 14.2. The van der Waals surface area contributed by atoms with Crippen LogP contribution in [0, 0.1) is 12.7 Å². The summed E-state index contributed by atoms with van der Waals surface area (Å²) in [4.78, 5) is 25.9. The average molecular weight is 272 g/mol. The zero-order valence-electron chi connectivity index (χ0n) is 9.74. The lowest BCUT2D eigenvalue weighted by molar-refractivity contribution is -0.135. The standard InChI is InChI=1S/C12H10FNO3.ClH/c1-6-10(11(15)12(16)17-2)8-5-7(13)3-4-9(8)14-6;/h3-5,14H,1-2H3;1H. The maximum atomic E-state index is 13.1. The number of aromatic nitrogens is 1. The van der Waals surface area contributed by atoms with Gasteiger partial charge in [-0.15, -0.1) is 12.4 Å². The van der Waals surface area contributed by atoms with Crippen molar-refractivity contribution in [2.24, 2.45) is 0 Å². The number of H-pyrrole nitrogens is 1. The molecule has 4 nitrogen and oxygen atoms in total. The molecule has 0 atom stereocenters. The molecular weight excluding hydrogens is 261 g/mol. The number of rotatable bonds is 2. The molecule has 0 saturated heterocycles. The minimum atomic E-state index is -0.960. The lowest BCUT2D eigenvalue weighted by atomic mass is 10.1. The molecule has 2 aromatic rings. The second kappa shape index (κ2) is 5.18. The molecule has 0 amide bonds. The summed E-state index contributed by atoms with van der Waals surface area (Å²) in [5, 5.41) is 0.387. The molecule has 2 rings (SSSR count). The van der Waals surface area contributed by atoms with Crippen LogP contribution in [0.3, 0.4) is 0 Å². The zero-order valence-corrected chi connectivity index (χ0v) is 10.6. The van der Waals surface area contributed by atoms with Crippen molar-refractivity contribution < 1.29 is 18.7 Å². The van der Waals surface area contributed by atoms with Gasteiger partial charge in [-0.2, -0.15) is 0 Å². The van der Waals surface area contributed by atoms with E-state index in [9.17, 15) is 14.0 Å². The van der Waals surface area contributed by atoms with E-state index >= 15 is 0 Å². The fourth-order valence-electron chi connectivity index (χ4n) is 1.79. The quantitative estimate of drug-likeness (QED) is 0.518. The highest BCUT2D eigenvalue weighted by Gasteiger charge is 2.23. The lowest BCUT2D eigenvalue weighted by Gasteiger charge is -1.98. The van der Waals surface area contributed by atoms with Gasteiger partial charge in [-0.1, -0.05) is 0 Å². The number of ketones is 1. The minimum absolute atomic E-state index is 0. The predicted octanol–water partition coefficient (Wildman–Crippen LogP) is 2.39. The number of esters is 1. The fourth-order valence-corrected chi connectivity index (χ4v) is 1.79. The van der Waals surface area contributed by atoms with Gasteiger partial charge in [0.25, 0.3) is 5.78 Å². The molecule has 0 spiro atoms. The molecule has 18 heavy (non-hydrogen) atoms. The summed E-state index contributed by atoms with van der Waals surface area (Å²) in [6.45, 7) is 1.65. The van der Waals surface area contributed by atoms with Crippen LogP contribution < -0.4 is 0 Å². The molecule has 1 aromatic carbocycles. The van der Waals surface area contributed by atoms with E-state index in [1.807, 2.05) is 0 Å². The van der Waals surface area contributed by atoms with E-state index in [2.05, 4.69) is 9.72 Å². The van der Waals surface area contributed by atoms with Gasteiger partial charge in [-0.3, -0.25) is 4.79 Å². The third-order valence-corrected chi connectivity index (χ3v) is 2.55. The summed E-state index contributed by atoms with van der Waals surface area (Å²) in [5.74, 6) is -2.20. The van der Waals surface area contributed by atoms with Gasteiger partial charge < -0.3 is 9.72 Å². The van der Waals surface area contributed by atoms with Gasteiger partial charge in [0.1, 0.15) is 5.82 Å². The average Bonchev–Trinajstić information content (AvgIpc) is 2.62.